The number of imide groups is 1. The number of aromatic nitrogens is 1. The standard InChI is InChI=1S/C17H14N2O4S/c20-14-8-9-15(21)19(14)16(17(22)23)11-4-6-12(7-5-11)24-13-3-1-2-10-18-13/h1-7,10,16H,8-9H2,(H,22,23). The van der Waals surface area contributed by atoms with Gasteiger partial charge in [0, 0.05) is 23.9 Å². The minimum absolute atomic E-state index is 0.0657. The van der Waals surface area contributed by atoms with Gasteiger partial charge in [0.05, 0.1) is 0 Å². The first-order valence-electron chi connectivity index (χ1n) is 7.33. The molecule has 1 unspecified atom stereocenters. The third-order valence-corrected chi connectivity index (χ3v) is 4.60. The van der Waals surface area contributed by atoms with Gasteiger partial charge < -0.3 is 5.11 Å². The van der Waals surface area contributed by atoms with Crippen LogP contribution in [0.1, 0.15) is 24.4 Å². The molecule has 1 aromatic carbocycles. The maximum Gasteiger partial charge on any atom is 0.331 e. The van der Waals surface area contributed by atoms with Crippen molar-refractivity contribution in [1.29, 1.82) is 0 Å². The number of aliphatic carboxylic acids is 1. The zero-order valence-corrected chi connectivity index (χ0v) is 13.4. The molecular weight excluding hydrogens is 328 g/mol. The van der Waals surface area contributed by atoms with E-state index in [4.69, 9.17) is 0 Å². The van der Waals surface area contributed by atoms with Crippen molar-refractivity contribution in [2.24, 2.45) is 0 Å². The number of nitrogens with zero attached hydrogens (tertiary/aromatic N) is 2. The number of hydrogen-bond acceptors (Lipinski definition) is 5. The number of hydrogen-bond donors (Lipinski definition) is 1. The number of likely N-dealkylation sites (tertiary alicyclic amines) is 1. The van der Waals surface area contributed by atoms with Crippen LogP contribution in [0.4, 0.5) is 0 Å². The lowest BCUT2D eigenvalue weighted by atomic mass is 10.1. The molecule has 1 fully saturated rings. The first-order chi connectivity index (χ1) is 11.6. The molecule has 1 atom stereocenters. The van der Waals surface area contributed by atoms with Crippen molar-refractivity contribution in [2.45, 2.75) is 28.8 Å². The number of carbonyl (C=O) groups excluding carboxylic acids is 2. The lowest BCUT2D eigenvalue weighted by Crippen LogP contribution is -2.37. The molecular formula is C17H14N2O4S. The minimum Gasteiger partial charge on any atom is -0.479 e. The van der Waals surface area contributed by atoms with Gasteiger partial charge in [-0.1, -0.05) is 30.0 Å². The molecule has 0 bridgehead atoms. The van der Waals surface area contributed by atoms with E-state index < -0.39 is 23.8 Å². The van der Waals surface area contributed by atoms with E-state index in [-0.39, 0.29) is 12.8 Å². The highest BCUT2D eigenvalue weighted by Crippen LogP contribution is 2.30. The zero-order chi connectivity index (χ0) is 17.1. The third kappa shape index (κ3) is 3.30. The van der Waals surface area contributed by atoms with Crippen molar-refractivity contribution in [3.8, 4) is 0 Å². The van der Waals surface area contributed by atoms with Crippen LogP contribution in [0.5, 0.6) is 0 Å². The maximum absolute atomic E-state index is 11.8. The fourth-order valence-corrected chi connectivity index (χ4v) is 3.30. The number of amides is 2. The molecule has 0 aliphatic carbocycles. The Morgan fingerprint density at radius 3 is 2.29 bits per heavy atom. The van der Waals surface area contributed by atoms with Crippen LogP contribution in [0.3, 0.4) is 0 Å². The molecule has 122 valence electrons. The van der Waals surface area contributed by atoms with Crippen LogP contribution < -0.4 is 0 Å². The third-order valence-electron chi connectivity index (χ3n) is 3.64. The van der Waals surface area contributed by atoms with Crippen LogP contribution in [0.25, 0.3) is 0 Å². The number of carbonyl (C=O) groups is 3. The van der Waals surface area contributed by atoms with Gasteiger partial charge in [0.15, 0.2) is 6.04 Å². The van der Waals surface area contributed by atoms with Gasteiger partial charge >= 0.3 is 5.97 Å². The molecule has 2 amide bonds. The summed E-state index contributed by atoms with van der Waals surface area (Å²) in [7, 11) is 0. The van der Waals surface area contributed by atoms with Gasteiger partial charge in [0.25, 0.3) is 0 Å². The van der Waals surface area contributed by atoms with Crippen LogP contribution in [0, 0.1) is 0 Å². The van der Waals surface area contributed by atoms with Gasteiger partial charge in [0.2, 0.25) is 11.8 Å². The second-order valence-corrected chi connectivity index (χ2v) is 6.33. The number of carboxylic acids is 1. The first kappa shape index (κ1) is 16.2. The SMILES string of the molecule is O=C(O)C(c1ccc(Sc2ccccn2)cc1)N1C(=O)CCC1=O. The molecule has 1 N–H and O–H groups in total. The van der Waals surface area contributed by atoms with Gasteiger partial charge in [-0.05, 0) is 29.8 Å². The Hall–Kier alpha value is -2.67. The Balaban J connectivity index is 1.83. The molecule has 0 saturated carbocycles. The van der Waals surface area contributed by atoms with Crippen LogP contribution in [0.15, 0.2) is 58.6 Å². The summed E-state index contributed by atoms with van der Waals surface area (Å²) in [5.41, 5.74) is 0.400. The van der Waals surface area contributed by atoms with Gasteiger partial charge in [-0.15, -0.1) is 0 Å². The van der Waals surface area contributed by atoms with E-state index in [9.17, 15) is 19.5 Å². The van der Waals surface area contributed by atoms with E-state index in [0.717, 1.165) is 14.8 Å². The monoisotopic (exact) mass is 342 g/mol. The second-order valence-electron chi connectivity index (χ2n) is 5.24. The van der Waals surface area contributed by atoms with E-state index in [1.807, 2.05) is 18.2 Å². The number of benzene rings is 1. The highest BCUT2D eigenvalue weighted by Gasteiger charge is 2.39. The van der Waals surface area contributed by atoms with E-state index in [2.05, 4.69) is 4.98 Å². The Morgan fingerprint density at radius 1 is 1.08 bits per heavy atom. The van der Waals surface area contributed by atoms with Gasteiger partial charge in [-0.2, -0.15) is 0 Å². The number of pyridine rings is 1. The molecule has 0 spiro atoms. The van der Waals surface area contributed by atoms with Crippen LogP contribution in [-0.2, 0) is 14.4 Å². The normalized spacial score (nSPS) is 15.6. The fourth-order valence-electron chi connectivity index (χ4n) is 2.53. The highest BCUT2D eigenvalue weighted by molar-refractivity contribution is 7.99. The summed E-state index contributed by atoms with van der Waals surface area (Å²) in [6.45, 7) is 0. The lowest BCUT2D eigenvalue weighted by molar-refractivity contribution is -0.154. The minimum atomic E-state index is -1.28. The fraction of sp³-hybridized carbons (Fsp3) is 0.176. The average molecular weight is 342 g/mol. The van der Waals surface area contributed by atoms with Crippen molar-refractivity contribution in [1.82, 2.24) is 9.88 Å². The predicted octanol–water partition coefficient (Wildman–Crippen LogP) is 2.51. The van der Waals surface area contributed by atoms with E-state index in [0.29, 0.717) is 5.56 Å². The van der Waals surface area contributed by atoms with Crippen molar-refractivity contribution in [3.05, 3.63) is 54.2 Å². The number of rotatable bonds is 5. The number of carboxylic acid groups (broad SMARTS) is 1. The summed E-state index contributed by atoms with van der Waals surface area (Å²) in [6.07, 6.45) is 1.83. The second kappa shape index (κ2) is 6.84. The Kier molecular flexibility index (Phi) is 4.61. The summed E-state index contributed by atoms with van der Waals surface area (Å²) in [4.78, 5) is 41.2. The quantitative estimate of drug-likeness (QED) is 0.840. The maximum atomic E-state index is 11.8. The molecule has 2 aromatic rings. The van der Waals surface area contributed by atoms with Crippen molar-refractivity contribution < 1.29 is 19.5 Å². The summed E-state index contributed by atoms with van der Waals surface area (Å²) in [6, 6.07) is 11.1. The lowest BCUT2D eigenvalue weighted by Gasteiger charge is -2.22. The van der Waals surface area contributed by atoms with Crippen LogP contribution >= 0.6 is 11.8 Å². The predicted molar refractivity (Wildman–Crippen MR) is 86.3 cm³/mol. The molecule has 1 aliphatic heterocycles. The van der Waals surface area contributed by atoms with Crippen molar-refractivity contribution in [3.63, 3.8) is 0 Å². The Bertz CT molecular complexity index is 761. The van der Waals surface area contributed by atoms with E-state index in [1.165, 1.54) is 11.8 Å². The van der Waals surface area contributed by atoms with Crippen LogP contribution in [-0.4, -0.2) is 32.8 Å². The van der Waals surface area contributed by atoms with E-state index >= 15 is 0 Å². The Labute approximate surface area is 142 Å². The summed E-state index contributed by atoms with van der Waals surface area (Å²) in [5.74, 6) is -2.11. The average Bonchev–Trinajstić information content (AvgIpc) is 2.90. The van der Waals surface area contributed by atoms with E-state index in [1.54, 1.807) is 30.5 Å². The van der Waals surface area contributed by atoms with Gasteiger partial charge in [0.1, 0.15) is 5.03 Å². The molecule has 6 nitrogen and oxygen atoms in total. The molecule has 1 aromatic heterocycles. The molecule has 2 heterocycles. The van der Waals surface area contributed by atoms with Gasteiger partial charge in [-0.25, -0.2) is 9.78 Å². The summed E-state index contributed by atoms with van der Waals surface area (Å²) >= 11 is 1.44. The smallest absolute Gasteiger partial charge is 0.331 e. The zero-order valence-electron chi connectivity index (χ0n) is 12.6. The first-order valence-corrected chi connectivity index (χ1v) is 8.14. The topological polar surface area (TPSA) is 87.6 Å². The molecule has 7 heteroatoms. The summed E-state index contributed by atoms with van der Waals surface area (Å²) in [5, 5.41) is 10.3. The van der Waals surface area contributed by atoms with Crippen molar-refractivity contribution in [2.75, 3.05) is 0 Å². The molecule has 1 saturated heterocycles. The molecule has 24 heavy (non-hydrogen) atoms. The van der Waals surface area contributed by atoms with Gasteiger partial charge in [-0.3, -0.25) is 14.5 Å². The van der Waals surface area contributed by atoms with Crippen LogP contribution in [0.2, 0.25) is 0 Å². The van der Waals surface area contributed by atoms with Crippen molar-refractivity contribution >= 4 is 29.5 Å². The molecule has 1 aliphatic rings. The highest BCUT2D eigenvalue weighted by atomic mass is 32.2. The largest absolute Gasteiger partial charge is 0.479 e. The Morgan fingerprint density at radius 2 is 1.75 bits per heavy atom. The summed E-state index contributed by atoms with van der Waals surface area (Å²) < 4.78 is 0. The molecule has 3 rings (SSSR count). The molecule has 0 radical (unpaired) electrons.